The maximum Gasteiger partial charge on any atom is 0.115 e. The molecule has 78 valence electrons. The van der Waals surface area contributed by atoms with E-state index in [2.05, 4.69) is 19.2 Å². The van der Waals surface area contributed by atoms with Gasteiger partial charge in [-0.25, -0.2) is 0 Å². The van der Waals surface area contributed by atoms with E-state index >= 15 is 0 Å². The van der Waals surface area contributed by atoms with Crippen LogP contribution in [0.4, 0.5) is 0 Å². The second kappa shape index (κ2) is 4.98. The summed E-state index contributed by atoms with van der Waals surface area (Å²) >= 11 is 0. The number of benzene rings is 1. The molecule has 0 fully saturated rings. The molecule has 0 aliphatic rings. The maximum atomic E-state index is 9.12. The van der Waals surface area contributed by atoms with E-state index in [0.717, 1.165) is 12.1 Å². The van der Waals surface area contributed by atoms with E-state index in [0.29, 0.717) is 0 Å². The van der Waals surface area contributed by atoms with E-state index in [4.69, 9.17) is 10.8 Å². The molecule has 3 nitrogen and oxygen atoms in total. The minimum Gasteiger partial charge on any atom is -0.508 e. The van der Waals surface area contributed by atoms with Crippen LogP contribution in [-0.4, -0.2) is 17.7 Å². The molecule has 0 aromatic heterocycles. The van der Waals surface area contributed by atoms with Gasteiger partial charge in [-0.1, -0.05) is 19.1 Å². The molecule has 1 aromatic carbocycles. The van der Waals surface area contributed by atoms with Crippen molar-refractivity contribution in [2.45, 2.75) is 25.9 Å². The highest BCUT2D eigenvalue weighted by atomic mass is 16.3. The number of rotatable bonds is 4. The summed E-state index contributed by atoms with van der Waals surface area (Å²) in [5.41, 5.74) is 7.07. The van der Waals surface area contributed by atoms with Gasteiger partial charge in [0.25, 0.3) is 0 Å². The number of phenols is 1. The number of hydrogen-bond donors (Lipinski definition) is 3. The highest BCUT2D eigenvalue weighted by molar-refractivity contribution is 5.28. The van der Waals surface area contributed by atoms with Gasteiger partial charge in [-0.15, -0.1) is 0 Å². The highest BCUT2D eigenvalue weighted by Crippen LogP contribution is 2.17. The van der Waals surface area contributed by atoms with Gasteiger partial charge >= 0.3 is 0 Å². The Balaban J connectivity index is 2.68. The van der Waals surface area contributed by atoms with Gasteiger partial charge in [0.2, 0.25) is 0 Å². The molecule has 0 radical (unpaired) electrons. The Bertz CT molecular complexity index is 271. The van der Waals surface area contributed by atoms with Gasteiger partial charge in [-0.2, -0.15) is 0 Å². The molecule has 0 aliphatic heterocycles. The molecular weight excluding hydrogens is 176 g/mol. The molecule has 0 aliphatic carbocycles. The van der Waals surface area contributed by atoms with Crippen LogP contribution in [0.25, 0.3) is 0 Å². The third kappa shape index (κ3) is 2.72. The largest absolute Gasteiger partial charge is 0.508 e. The smallest absolute Gasteiger partial charge is 0.115 e. The van der Waals surface area contributed by atoms with Crippen LogP contribution in [0, 0.1) is 0 Å². The molecule has 2 unspecified atom stereocenters. The van der Waals surface area contributed by atoms with Crippen molar-refractivity contribution in [1.29, 1.82) is 0 Å². The fourth-order valence-electron chi connectivity index (χ4n) is 1.43. The minimum absolute atomic E-state index is 0.0319. The van der Waals surface area contributed by atoms with Crippen molar-refractivity contribution in [3.05, 3.63) is 29.8 Å². The number of nitrogens with two attached hydrogens (primary N) is 1. The lowest BCUT2D eigenvalue weighted by atomic mass is 10.0. The average molecular weight is 194 g/mol. The number of nitrogens with one attached hydrogen (secondary N) is 1. The van der Waals surface area contributed by atoms with Crippen molar-refractivity contribution in [2.24, 2.45) is 5.73 Å². The predicted octanol–water partition coefficient (Wildman–Crippen LogP) is 1.39. The monoisotopic (exact) mass is 194 g/mol. The average Bonchev–Trinajstić information content (AvgIpc) is 2.18. The van der Waals surface area contributed by atoms with Crippen LogP contribution in [0.15, 0.2) is 24.3 Å². The molecule has 0 saturated carbocycles. The zero-order valence-corrected chi connectivity index (χ0v) is 8.70. The van der Waals surface area contributed by atoms with Crippen LogP contribution < -0.4 is 11.1 Å². The Morgan fingerprint density at radius 3 is 2.43 bits per heavy atom. The van der Waals surface area contributed by atoms with Crippen molar-refractivity contribution < 1.29 is 5.11 Å². The van der Waals surface area contributed by atoms with E-state index < -0.39 is 0 Å². The summed E-state index contributed by atoms with van der Waals surface area (Å²) in [6, 6.07) is 7.24. The summed E-state index contributed by atoms with van der Waals surface area (Å²) in [5, 5.41) is 12.4. The molecule has 14 heavy (non-hydrogen) atoms. The predicted molar refractivity (Wildman–Crippen MR) is 58.2 cm³/mol. The fraction of sp³-hybridized carbons (Fsp3) is 0.455. The number of phenolic OH excluding ortho intramolecular Hbond substituents is 1. The Morgan fingerprint density at radius 2 is 1.93 bits per heavy atom. The zero-order chi connectivity index (χ0) is 10.6. The first-order valence-electron chi connectivity index (χ1n) is 4.93. The molecule has 1 rings (SSSR count). The first kappa shape index (κ1) is 11.0. The minimum atomic E-state index is -0.0319. The van der Waals surface area contributed by atoms with Crippen LogP contribution in [0.5, 0.6) is 5.75 Å². The molecule has 0 amide bonds. The van der Waals surface area contributed by atoms with Crippen LogP contribution in [0.2, 0.25) is 0 Å². The van der Waals surface area contributed by atoms with Crippen molar-refractivity contribution >= 4 is 0 Å². The van der Waals surface area contributed by atoms with Crippen LogP contribution >= 0.6 is 0 Å². The molecule has 0 saturated heterocycles. The molecular formula is C11H18N2O. The van der Waals surface area contributed by atoms with E-state index in [-0.39, 0.29) is 17.8 Å². The quantitative estimate of drug-likeness (QED) is 0.679. The van der Waals surface area contributed by atoms with Gasteiger partial charge in [0.05, 0.1) is 0 Å². The summed E-state index contributed by atoms with van der Waals surface area (Å²) in [6.45, 7) is 5.02. The molecule has 0 bridgehead atoms. The lowest BCUT2D eigenvalue weighted by Crippen LogP contribution is -2.36. The topological polar surface area (TPSA) is 58.3 Å². The third-order valence-corrected chi connectivity index (χ3v) is 2.34. The molecule has 1 aromatic rings. The Labute approximate surface area is 84.9 Å². The standard InChI is InChI=1S/C11H18N2O/c1-3-13-8(2)11(12)9-4-6-10(14)7-5-9/h4-8,11,13-14H,3,12H2,1-2H3. The van der Waals surface area contributed by atoms with E-state index in [1.54, 1.807) is 12.1 Å². The van der Waals surface area contributed by atoms with Crippen LogP contribution in [-0.2, 0) is 0 Å². The van der Waals surface area contributed by atoms with Crippen molar-refractivity contribution in [2.75, 3.05) is 6.54 Å². The first-order chi connectivity index (χ1) is 6.65. The summed E-state index contributed by atoms with van der Waals surface area (Å²) in [6.07, 6.45) is 0. The van der Waals surface area contributed by atoms with E-state index in [1.807, 2.05) is 12.1 Å². The SMILES string of the molecule is CCNC(C)C(N)c1ccc(O)cc1. The second-order valence-corrected chi connectivity index (χ2v) is 3.46. The first-order valence-corrected chi connectivity index (χ1v) is 4.93. The molecule has 0 spiro atoms. The van der Waals surface area contributed by atoms with E-state index in [9.17, 15) is 0 Å². The Morgan fingerprint density at radius 1 is 1.36 bits per heavy atom. The van der Waals surface area contributed by atoms with Gasteiger partial charge in [0.1, 0.15) is 5.75 Å². The van der Waals surface area contributed by atoms with Gasteiger partial charge in [0.15, 0.2) is 0 Å². The van der Waals surface area contributed by atoms with Crippen molar-refractivity contribution in [3.63, 3.8) is 0 Å². The summed E-state index contributed by atoms with van der Waals surface area (Å²) in [4.78, 5) is 0. The Kier molecular flexibility index (Phi) is 3.92. The molecule has 3 heteroatoms. The van der Waals surface area contributed by atoms with Gasteiger partial charge in [0, 0.05) is 12.1 Å². The van der Waals surface area contributed by atoms with Crippen LogP contribution in [0.1, 0.15) is 25.5 Å². The zero-order valence-electron chi connectivity index (χ0n) is 8.70. The number of aromatic hydroxyl groups is 1. The molecule has 2 atom stereocenters. The molecule has 4 N–H and O–H groups in total. The lowest BCUT2D eigenvalue weighted by Gasteiger charge is -2.20. The third-order valence-electron chi connectivity index (χ3n) is 2.34. The summed E-state index contributed by atoms with van der Waals surface area (Å²) in [7, 11) is 0. The van der Waals surface area contributed by atoms with Gasteiger partial charge in [-0.05, 0) is 31.2 Å². The second-order valence-electron chi connectivity index (χ2n) is 3.46. The van der Waals surface area contributed by atoms with Crippen molar-refractivity contribution in [3.8, 4) is 5.75 Å². The molecule has 0 heterocycles. The lowest BCUT2D eigenvalue weighted by molar-refractivity contribution is 0.469. The normalized spacial score (nSPS) is 15.1. The summed E-state index contributed by atoms with van der Waals surface area (Å²) < 4.78 is 0. The van der Waals surface area contributed by atoms with Gasteiger partial charge < -0.3 is 16.2 Å². The van der Waals surface area contributed by atoms with Gasteiger partial charge in [-0.3, -0.25) is 0 Å². The highest BCUT2D eigenvalue weighted by Gasteiger charge is 2.12. The fourth-order valence-corrected chi connectivity index (χ4v) is 1.43. The maximum absolute atomic E-state index is 9.12. The summed E-state index contributed by atoms with van der Waals surface area (Å²) in [5.74, 6) is 0.275. The number of likely N-dealkylation sites (N-methyl/N-ethyl adjacent to an activating group) is 1. The van der Waals surface area contributed by atoms with E-state index in [1.165, 1.54) is 0 Å². The Hall–Kier alpha value is -1.06. The van der Waals surface area contributed by atoms with Crippen LogP contribution in [0.3, 0.4) is 0 Å². The van der Waals surface area contributed by atoms with Crippen molar-refractivity contribution in [1.82, 2.24) is 5.32 Å². The number of hydrogen-bond acceptors (Lipinski definition) is 3.